The first-order valence-corrected chi connectivity index (χ1v) is 5.50. The van der Waals surface area contributed by atoms with Gasteiger partial charge < -0.3 is 15.2 Å². The number of amides is 1. The number of hydrogen-bond donors (Lipinski definition) is 1. The van der Waals surface area contributed by atoms with Gasteiger partial charge in [-0.25, -0.2) is 4.79 Å². The van der Waals surface area contributed by atoms with E-state index in [0.29, 0.717) is 32.1 Å². The lowest BCUT2D eigenvalue weighted by molar-refractivity contribution is -0.129. The average molecular weight is 229 g/mol. The molecule has 1 aliphatic rings. The minimum absolute atomic E-state index is 0.274. The van der Waals surface area contributed by atoms with E-state index in [1.807, 2.05) is 0 Å². The van der Waals surface area contributed by atoms with Gasteiger partial charge in [0.25, 0.3) is 0 Å². The topological polar surface area (TPSA) is 78.6 Å². The van der Waals surface area contributed by atoms with Gasteiger partial charge in [0.1, 0.15) is 11.9 Å². The SMILES string of the molecule is COC1(C[C@H](C)OC(N)=O)CCC(=O)CC1. The first-order valence-electron chi connectivity index (χ1n) is 5.50. The summed E-state index contributed by atoms with van der Waals surface area (Å²) >= 11 is 0. The van der Waals surface area contributed by atoms with Crippen LogP contribution in [0, 0.1) is 0 Å². The van der Waals surface area contributed by atoms with Gasteiger partial charge >= 0.3 is 6.09 Å². The van der Waals surface area contributed by atoms with E-state index < -0.39 is 6.09 Å². The third kappa shape index (κ3) is 3.48. The molecular weight excluding hydrogens is 210 g/mol. The van der Waals surface area contributed by atoms with Crippen LogP contribution in [-0.2, 0) is 14.3 Å². The Morgan fingerprint density at radius 3 is 2.50 bits per heavy atom. The third-order valence-corrected chi connectivity index (χ3v) is 3.13. The first-order chi connectivity index (χ1) is 7.47. The molecule has 0 bridgehead atoms. The number of ketones is 1. The van der Waals surface area contributed by atoms with Gasteiger partial charge in [0.2, 0.25) is 0 Å². The molecule has 2 N–H and O–H groups in total. The van der Waals surface area contributed by atoms with Crippen LogP contribution in [0.15, 0.2) is 0 Å². The zero-order valence-electron chi connectivity index (χ0n) is 9.82. The van der Waals surface area contributed by atoms with E-state index in [-0.39, 0.29) is 17.5 Å². The normalized spacial score (nSPS) is 21.5. The van der Waals surface area contributed by atoms with Crippen molar-refractivity contribution in [2.75, 3.05) is 7.11 Å². The van der Waals surface area contributed by atoms with E-state index in [2.05, 4.69) is 0 Å². The third-order valence-electron chi connectivity index (χ3n) is 3.13. The van der Waals surface area contributed by atoms with Crippen molar-refractivity contribution >= 4 is 11.9 Å². The lowest BCUT2D eigenvalue weighted by Gasteiger charge is -2.37. The molecule has 1 amide bonds. The van der Waals surface area contributed by atoms with Crippen LogP contribution in [0.3, 0.4) is 0 Å². The van der Waals surface area contributed by atoms with Gasteiger partial charge in [-0.1, -0.05) is 0 Å². The summed E-state index contributed by atoms with van der Waals surface area (Å²) in [5, 5.41) is 0. The van der Waals surface area contributed by atoms with Crippen molar-refractivity contribution < 1.29 is 19.1 Å². The van der Waals surface area contributed by atoms with E-state index in [0.717, 1.165) is 0 Å². The summed E-state index contributed by atoms with van der Waals surface area (Å²) < 4.78 is 10.4. The molecule has 0 aromatic carbocycles. The van der Waals surface area contributed by atoms with Crippen LogP contribution in [0.25, 0.3) is 0 Å². The van der Waals surface area contributed by atoms with E-state index in [4.69, 9.17) is 15.2 Å². The molecule has 16 heavy (non-hydrogen) atoms. The minimum Gasteiger partial charge on any atom is -0.447 e. The Bertz CT molecular complexity index is 267. The Morgan fingerprint density at radius 2 is 2.06 bits per heavy atom. The molecule has 0 saturated heterocycles. The number of rotatable bonds is 4. The van der Waals surface area contributed by atoms with Gasteiger partial charge in [-0.3, -0.25) is 4.79 Å². The molecule has 1 aliphatic carbocycles. The number of carbonyl (C=O) groups excluding carboxylic acids is 2. The van der Waals surface area contributed by atoms with Gasteiger partial charge in [0.15, 0.2) is 0 Å². The molecule has 1 rings (SSSR count). The summed E-state index contributed by atoms with van der Waals surface area (Å²) in [4.78, 5) is 21.8. The number of Topliss-reactive ketones (excluding diaryl/α,β-unsaturated/α-hetero) is 1. The molecule has 0 aromatic rings. The Labute approximate surface area is 95.3 Å². The maximum Gasteiger partial charge on any atom is 0.404 e. The number of primary amides is 1. The first kappa shape index (κ1) is 13.0. The second-order valence-corrected chi connectivity index (χ2v) is 4.38. The predicted molar refractivity (Wildman–Crippen MR) is 58.0 cm³/mol. The highest BCUT2D eigenvalue weighted by atomic mass is 16.6. The van der Waals surface area contributed by atoms with Crippen LogP contribution in [0.5, 0.6) is 0 Å². The standard InChI is InChI=1S/C11H19NO4/c1-8(16-10(12)14)7-11(15-2)5-3-9(13)4-6-11/h8H,3-7H2,1-2H3,(H2,12,14)/t8-/m0/s1. The fourth-order valence-electron chi connectivity index (χ4n) is 2.24. The Morgan fingerprint density at radius 1 is 1.50 bits per heavy atom. The van der Waals surface area contributed by atoms with Crippen LogP contribution in [0.2, 0.25) is 0 Å². The minimum atomic E-state index is -0.773. The van der Waals surface area contributed by atoms with Crippen molar-refractivity contribution in [3.05, 3.63) is 0 Å². The smallest absolute Gasteiger partial charge is 0.404 e. The molecule has 0 unspecified atom stereocenters. The number of ether oxygens (including phenoxy) is 2. The van der Waals surface area contributed by atoms with E-state index in [9.17, 15) is 9.59 Å². The second-order valence-electron chi connectivity index (χ2n) is 4.38. The predicted octanol–water partition coefficient (Wildman–Crippen LogP) is 1.39. The van der Waals surface area contributed by atoms with Crippen LogP contribution in [0.1, 0.15) is 39.0 Å². The molecule has 92 valence electrons. The molecule has 0 radical (unpaired) electrons. The van der Waals surface area contributed by atoms with Crippen LogP contribution in [0.4, 0.5) is 4.79 Å². The molecule has 5 nitrogen and oxygen atoms in total. The van der Waals surface area contributed by atoms with E-state index >= 15 is 0 Å². The van der Waals surface area contributed by atoms with E-state index in [1.165, 1.54) is 0 Å². The molecule has 0 aromatic heterocycles. The molecule has 1 atom stereocenters. The summed E-state index contributed by atoms with van der Waals surface area (Å²) in [6, 6.07) is 0. The Kier molecular flexibility index (Phi) is 4.29. The lowest BCUT2D eigenvalue weighted by Crippen LogP contribution is -2.40. The highest BCUT2D eigenvalue weighted by Crippen LogP contribution is 2.34. The van der Waals surface area contributed by atoms with Crippen LogP contribution in [-0.4, -0.2) is 30.7 Å². The molecule has 0 heterocycles. The summed E-state index contributed by atoms with van der Waals surface area (Å²) in [5.74, 6) is 0.274. The molecule has 0 aliphatic heterocycles. The molecular formula is C11H19NO4. The molecule has 5 heteroatoms. The largest absolute Gasteiger partial charge is 0.447 e. The highest BCUT2D eigenvalue weighted by molar-refractivity contribution is 5.79. The molecule has 1 saturated carbocycles. The Hall–Kier alpha value is -1.10. The number of carbonyl (C=O) groups is 2. The Balaban J connectivity index is 2.53. The van der Waals surface area contributed by atoms with Crippen LogP contribution < -0.4 is 5.73 Å². The molecule has 0 spiro atoms. The van der Waals surface area contributed by atoms with Crippen molar-refractivity contribution in [2.24, 2.45) is 5.73 Å². The van der Waals surface area contributed by atoms with Crippen molar-refractivity contribution in [2.45, 2.75) is 50.7 Å². The van der Waals surface area contributed by atoms with E-state index in [1.54, 1.807) is 14.0 Å². The summed E-state index contributed by atoms with van der Waals surface area (Å²) in [6.07, 6.45) is 1.98. The number of hydrogen-bond acceptors (Lipinski definition) is 4. The zero-order valence-corrected chi connectivity index (χ0v) is 9.82. The zero-order chi connectivity index (χ0) is 12.2. The monoisotopic (exact) mass is 229 g/mol. The maximum absolute atomic E-state index is 11.2. The van der Waals surface area contributed by atoms with Crippen LogP contribution >= 0.6 is 0 Å². The molecule has 1 fully saturated rings. The fraction of sp³-hybridized carbons (Fsp3) is 0.818. The maximum atomic E-state index is 11.2. The highest BCUT2D eigenvalue weighted by Gasteiger charge is 2.36. The van der Waals surface area contributed by atoms with Crippen molar-refractivity contribution in [3.8, 4) is 0 Å². The van der Waals surface area contributed by atoms with Crippen molar-refractivity contribution in [3.63, 3.8) is 0 Å². The quantitative estimate of drug-likeness (QED) is 0.790. The van der Waals surface area contributed by atoms with Crippen molar-refractivity contribution in [1.29, 1.82) is 0 Å². The number of methoxy groups -OCH3 is 1. The van der Waals surface area contributed by atoms with Gasteiger partial charge in [-0.2, -0.15) is 0 Å². The summed E-state index contributed by atoms with van der Waals surface area (Å²) in [5.41, 5.74) is 4.60. The second kappa shape index (κ2) is 5.30. The van der Waals surface area contributed by atoms with Gasteiger partial charge in [-0.15, -0.1) is 0 Å². The van der Waals surface area contributed by atoms with Crippen molar-refractivity contribution in [1.82, 2.24) is 0 Å². The summed E-state index contributed by atoms with van der Waals surface area (Å²) in [6.45, 7) is 1.78. The van der Waals surface area contributed by atoms with Gasteiger partial charge in [0, 0.05) is 26.4 Å². The van der Waals surface area contributed by atoms with Gasteiger partial charge in [-0.05, 0) is 19.8 Å². The van der Waals surface area contributed by atoms with Gasteiger partial charge in [0.05, 0.1) is 5.60 Å². The fourth-order valence-corrected chi connectivity index (χ4v) is 2.24. The number of nitrogens with two attached hydrogens (primary N) is 1. The summed E-state index contributed by atoms with van der Waals surface area (Å²) in [7, 11) is 1.63. The average Bonchev–Trinajstić information content (AvgIpc) is 2.21. The lowest BCUT2D eigenvalue weighted by atomic mass is 9.80.